The maximum absolute atomic E-state index is 13.4. The van der Waals surface area contributed by atoms with Gasteiger partial charge in [0.15, 0.2) is 5.43 Å². The molecule has 1 aliphatic rings. The van der Waals surface area contributed by atoms with Crippen LogP contribution in [-0.4, -0.2) is 82.0 Å². The fourth-order valence-corrected chi connectivity index (χ4v) is 6.85. The second kappa shape index (κ2) is 13.8. The van der Waals surface area contributed by atoms with Crippen LogP contribution < -0.4 is 16.1 Å². The van der Waals surface area contributed by atoms with Gasteiger partial charge < -0.3 is 25.4 Å². The highest BCUT2D eigenvalue weighted by Crippen LogP contribution is 2.36. The lowest BCUT2D eigenvalue weighted by atomic mass is 10.1. The number of pyridine rings is 2. The van der Waals surface area contributed by atoms with Crippen LogP contribution >= 0.6 is 0 Å². The summed E-state index contributed by atoms with van der Waals surface area (Å²) in [6.45, 7) is 6.93. The molecule has 13 heteroatoms. The summed E-state index contributed by atoms with van der Waals surface area (Å²) in [6.07, 6.45) is 1.74. The van der Waals surface area contributed by atoms with E-state index in [2.05, 4.69) is 30.4 Å². The fourth-order valence-electron chi connectivity index (χ4n) is 6.85. The zero-order chi connectivity index (χ0) is 33.9. The standard InChI is InChI=1S/C36H36N8O5/c45-36-25-9-2-4-11-27(25)40-35-31(44(48)49)15-14-28(33(35)36)37-16-6-18-41-20-22-42(23-21-41)19-7-17-38-34-24-8-1-3-10-26(24)39-29-12-5-13-30(32(29)34)43(46)47/h1-5,8-15,37H,6-7,16-23H2,(H,38,39)(H,40,45). The Bertz CT molecular complexity index is 2270. The van der Waals surface area contributed by atoms with Gasteiger partial charge >= 0.3 is 0 Å². The van der Waals surface area contributed by atoms with Crippen molar-refractivity contribution < 1.29 is 9.85 Å². The summed E-state index contributed by atoms with van der Waals surface area (Å²) in [4.78, 5) is 48.8. The Morgan fingerprint density at radius 3 is 2.04 bits per heavy atom. The van der Waals surface area contributed by atoms with Crippen LogP contribution in [0.5, 0.6) is 0 Å². The molecule has 2 aromatic heterocycles. The van der Waals surface area contributed by atoms with E-state index in [0.717, 1.165) is 68.7 Å². The minimum absolute atomic E-state index is 0.0490. The van der Waals surface area contributed by atoms with Gasteiger partial charge in [-0.3, -0.25) is 25.0 Å². The fraction of sp³-hybridized carbons (Fsp3) is 0.278. The van der Waals surface area contributed by atoms with Crippen molar-refractivity contribution in [3.8, 4) is 0 Å². The normalized spacial score (nSPS) is 14.1. The molecule has 0 saturated carbocycles. The number of benzene rings is 4. The molecular formula is C36H36N8O5. The van der Waals surface area contributed by atoms with Gasteiger partial charge in [-0.15, -0.1) is 0 Å². The number of H-pyrrole nitrogens is 1. The molecule has 1 fully saturated rings. The van der Waals surface area contributed by atoms with Crippen molar-refractivity contribution in [3.05, 3.63) is 109 Å². The number of non-ortho nitro benzene ring substituents is 2. The van der Waals surface area contributed by atoms with Crippen molar-refractivity contribution in [2.45, 2.75) is 12.8 Å². The number of nitro benzene ring substituents is 2. The Morgan fingerprint density at radius 2 is 1.33 bits per heavy atom. The van der Waals surface area contributed by atoms with Crippen LogP contribution in [0.3, 0.4) is 0 Å². The van der Waals surface area contributed by atoms with Crippen molar-refractivity contribution in [1.29, 1.82) is 0 Å². The lowest BCUT2D eigenvalue weighted by Gasteiger charge is -2.34. The SMILES string of the molecule is O=c1c2ccccc2[nH]c2c([N+](=O)[O-])ccc(NCCCN3CCN(CCCNc4c5ccccc5nc5cccc([N+](=O)[O-])c45)CC3)c12. The van der Waals surface area contributed by atoms with Gasteiger partial charge in [-0.05, 0) is 56.3 Å². The molecule has 7 rings (SSSR count). The third-order valence-corrected chi connectivity index (χ3v) is 9.30. The number of nitro groups is 2. The Kier molecular flexibility index (Phi) is 9.01. The van der Waals surface area contributed by atoms with Crippen molar-refractivity contribution >= 4 is 66.4 Å². The molecule has 0 aliphatic carbocycles. The molecule has 6 aromatic rings. The Balaban J connectivity index is 0.912. The monoisotopic (exact) mass is 660 g/mol. The van der Waals surface area contributed by atoms with E-state index < -0.39 is 4.92 Å². The van der Waals surface area contributed by atoms with Crippen LogP contribution in [0, 0.1) is 20.2 Å². The van der Waals surface area contributed by atoms with Gasteiger partial charge in [0.1, 0.15) is 10.9 Å². The first kappa shape index (κ1) is 31.9. The molecule has 0 spiro atoms. The highest BCUT2D eigenvalue weighted by atomic mass is 16.6. The molecule has 49 heavy (non-hydrogen) atoms. The lowest BCUT2D eigenvalue weighted by molar-refractivity contribution is -0.383. The van der Waals surface area contributed by atoms with Crippen molar-refractivity contribution in [1.82, 2.24) is 19.8 Å². The van der Waals surface area contributed by atoms with Crippen molar-refractivity contribution in [2.75, 3.05) is 63.0 Å². The molecule has 1 saturated heterocycles. The van der Waals surface area contributed by atoms with Crippen LogP contribution in [0.2, 0.25) is 0 Å². The quantitative estimate of drug-likeness (QED) is 0.0603. The number of aromatic amines is 1. The first-order chi connectivity index (χ1) is 23.9. The average Bonchev–Trinajstić information content (AvgIpc) is 3.11. The maximum Gasteiger partial charge on any atom is 0.293 e. The zero-order valence-electron chi connectivity index (χ0n) is 26.9. The average molecular weight is 661 g/mol. The summed E-state index contributed by atoms with van der Waals surface area (Å²) in [5.41, 5.74) is 3.24. The summed E-state index contributed by atoms with van der Waals surface area (Å²) < 4.78 is 0. The number of para-hydroxylation sites is 2. The number of rotatable bonds is 12. The van der Waals surface area contributed by atoms with E-state index in [9.17, 15) is 25.0 Å². The highest BCUT2D eigenvalue weighted by Gasteiger charge is 2.21. The molecule has 4 aromatic carbocycles. The largest absolute Gasteiger partial charge is 0.384 e. The molecule has 1 aliphatic heterocycles. The molecule has 0 unspecified atom stereocenters. The molecule has 0 bridgehead atoms. The minimum atomic E-state index is -0.467. The Labute approximate surface area is 280 Å². The molecule has 0 amide bonds. The van der Waals surface area contributed by atoms with E-state index in [1.165, 1.54) is 12.1 Å². The number of piperazine rings is 1. The van der Waals surface area contributed by atoms with E-state index in [-0.39, 0.29) is 27.2 Å². The highest BCUT2D eigenvalue weighted by molar-refractivity contribution is 6.11. The third-order valence-electron chi connectivity index (χ3n) is 9.30. The molecule has 250 valence electrons. The predicted molar refractivity (Wildman–Crippen MR) is 194 cm³/mol. The van der Waals surface area contributed by atoms with E-state index in [1.807, 2.05) is 30.3 Å². The van der Waals surface area contributed by atoms with Gasteiger partial charge in [-0.25, -0.2) is 4.98 Å². The number of hydrogen-bond acceptors (Lipinski definition) is 10. The number of aromatic nitrogens is 2. The van der Waals surface area contributed by atoms with Crippen molar-refractivity contribution in [2.24, 2.45) is 0 Å². The first-order valence-corrected chi connectivity index (χ1v) is 16.5. The summed E-state index contributed by atoms with van der Waals surface area (Å²) >= 11 is 0. The first-order valence-electron chi connectivity index (χ1n) is 16.5. The lowest BCUT2D eigenvalue weighted by Crippen LogP contribution is -2.47. The van der Waals surface area contributed by atoms with Crippen LogP contribution in [-0.2, 0) is 0 Å². The van der Waals surface area contributed by atoms with Gasteiger partial charge in [-0.1, -0.05) is 36.4 Å². The van der Waals surface area contributed by atoms with Gasteiger partial charge in [0.05, 0.1) is 32.0 Å². The van der Waals surface area contributed by atoms with Gasteiger partial charge in [0.2, 0.25) is 0 Å². The molecule has 0 atom stereocenters. The van der Waals surface area contributed by atoms with Crippen LogP contribution in [0.25, 0.3) is 43.6 Å². The second-order valence-electron chi connectivity index (χ2n) is 12.3. The summed E-state index contributed by atoms with van der Waals surface area (Å²) in [5, 5.41) is 32.6. The molecule has 0 radical (unpaired) electrons. The summed E-state index contributed by atoms with van der Waals surface area (Å²) in [5.74, 6) is 0. The van der Waals surface area contributed by atoms with E-state index in [1.54, 1.807) is 36.4 Å². The van der Waals surface area contributed by atoms with Gasteiger partial charge in [-0.2, -0.15) is 0 Å². The van der Waals surface area contributed by atoms with Gasteiger partial charge in [0, 0.05) is 73.4 Å². The van der Waals surface area contributed by atoms with Crippen LogP contribution in [0.4, 0.5) is 22.7 Å². The number of nitrogens with zero attached hydrogens (tertiary/aromatic N) is 5. The smallest absolute Gasteiger partial charge is 0.293 e. The molecular weight excluding hydrogens is 624 g/mol. The van der Waals surface area contributed by atoms with E-state index in [0.29, 0.717) is 46.0 Å². The number of fused-ring (bicyclic) bond motifs is 4. The van der Waals surface area contributed by atoms with Crippen LogP contribution in [0.15, 0.2) is 83.7 Å². The Hall–Kier alpha value is -5.66. The topological polar surface area (TPSA) is 163 Å². The number of nitrogens with one attached hydrogen (secondary N) is 3. The summed E-state index contributed by atoms with van der Waals surface area (Å²) in [7, 11) is 0. The molecule has 13 nitrogen and oxygen atoms in total. The predicted octanol–water partition coefficient (Wildman–Crippen LogP) is 6.12. The Morgan fingerprint density at radius 1 is 0.694 bits per heavy atom. The zero-order valence-corrected chi connectivity index (χ0v) is 26.9. The van der Waals surface area contributed by atoms with Gasteiger partial charge in [0.25, 0.3) is 11.4 Å². The maximum atomic E-state index is 13.4. The van der Waals surface area contributed by atoms with Crippen molar-refractivity contribution in [3.63, 3.8) is 0 Å². The molecule has 3 heterocycles. The van der Waals surface area contributed by atoms with Crippen LogP contribution in [0.1, 0.15) is 12.8 Å². The summed E-state index contributed by atoms with van der Waals surface area (Å²) in [6, 6.07) is 22.8. The van der Waals surface area contributed by atoms with E-state index >= 15 is 0 Å². The third kappa shape index (κ3) is 6.45. The number of hydrogen-bond donors (Lipinski definition) is 3. The number of anilines is 2. The minimum Gasteiger partial charge on any atom is -0.384 e. The van der Waals surface area contributed by atoms with E-state index in [4.69, 9.17) is 0 Å². The molecule has 3 N–H and O–H groups in total. The second-order valence-corrected chi connectivity index (χ2v) is 12.3.